The van der Waals surface area contributed by atoms with E-state index in [9.17, 15) is 8.42 Å². The van der Waals surface area contributed by atoms with Crippen molar-refractivity contribution in [2.45, 2.75) is 42.9 Å². The number of ether oxygens (including phenoxy) is 1. The molecule has 2 saturated heterocycles. The van der Waals surface area contributed by atoms with Crippen LogP contribution in [-0.2, 0) is 9.84 Å². The minimum Gasteiger partial charge on any atom is -0.494 e. The van der Waals surface area contributed by atoms with Crippen LogP contribution >= 0.6 is 0 Å². The molecule has 0 atom stereocenters. The van der Waals surface area contributed by atoms with E-state index in [-0.39, 0.29) is 4.90 Å². The van der Waals surface area contributed by atoms with Gasteiger partial charge in [-0.25, -0.2) is 13.4 Å². The molecule has 4 aromatic carbocycles. The predicted molar refractivity (Wildman–Crippen MR) is 203 cm³/mol. The summed E-state index contributed by atoms with van der Waals surface area (Å²) in [6, 6.07) is 32.1. The Kier molecular flexibility index (Phi) is 9.78. The van der Waals surface area contributed by atoms with Crippen molar-refractivity contribution in [1.29, 1.82) is 0 Å². The molecule has 260 valence electrons. The van der Waals surface area contributed by atoms with E-state index in [0.29, 0.717) is 29.2 Å². The molecule has 2 aliphatic rings. The van der Waals surface area contributed by atoms with Gasteiger partial charge in [0.25, 0.3) is 0 Å². The van der Waals surface area contributed by atoms with Crippen LogP contribution in [0.1, 0.15) is 26.7 Å². The van der Waals surface area contributed by atoms with E-state index in [1.807, 2.05) is 36.4 Å². The van der Waals surface area contributed by atoms with Crippen LogP contribution in [0.3, 0.4) is 0 Å². The summed E-state index contributed by atoms with van der Waals surface area (Å²) in [6.45, 7) is 9.71. The highest BCUT2D eigenvalue weighted by molar-refractivity contribution is 7.92. The van der Waals surface area contributed by atoms with Crippen LogP contribution in [0.5, 0.6) is 5.75 Å². The Labute approximate surface area is 295 Å². The lowest BCUT2D eigenvalue weighted by atomic mass is 10.0. The van der Waals surface area contributed by atoms with Gasteiger partial charge in [-0.3, -0.25) is 4.90 Å². The molecule has 0 spiro atoms. The minimum atomic E-state index is -3.53. The second kappa shape index (κ2) is 14.5. The Morgan fingerprint density at radius 1 is 0.720 bits per heavy atom. The van der Waals surface area contributed by atoms with E-state index >= 15 is 0 Å². The number of anilines is 6. The van der Waals surface area contributed by atoms with E-state index in [1.165, 1.54) is 5.69 Å². The van der Waals surface area contributed by atoms with E-state index in [1.54, 1.807) is 39.2 Å². The highest BCUT2D eigenvalue weighted by Gasteiger charge is 2.28. The van der Waals surface area contributed by atoms with Gasteiger partial charge in [-0.2, -0.15) is 4.98 Å². The van der Waals surface area contributed by atoms with Crippen LogP contribution in [0, 0.1) is 0 Å². The first-order valence-corrected chi connectivity index (χ1v) is 19.0. The molecule has 2 aliphatic heterocycles. The zero-order valence-electron chi connectivity index (χ0n) is 28.9. The number of aromatic nitrogens is 2. The quantitative estimate of drug-likeness (QED) is 0.158. The molecule has 0 aliphatic carbocycles. The number of rotatable bonds is 10. The fourth-order valence-corrected chi connectivity index (χ4v) is 8.20. The third-order valence-electron chi connectivity index (χ3n) is 9.88. The molecule has 0 saturated carbocycles. The SMILES string of the molecule is COc1cc(N2CCC(N3CCN(c4ccccc4)CC3)CC2)ccc1Nc1nc(Nc2ccccc2S(=O)(=O)C(C)C)c2ccccc2n1. The summed E-state index contributed by atoms with van der Waals surface area (Å²) in [4.78, 5) is 17.5. The highest BCUT2D eigenvalue weighted by atomic mass is 32.2. The molecular formula is C39H45N7O3S. The van der Waals surface area contributed by atoms with Crippen molar-refractivity contribution in [1.82, 2.24) is 14.9 Å². The summed E-state index contributed by atoms with van der Waals surface area (Å²) in [6.07, 6.45) is 2.27. The van der Waals surface area contributed by atoms with Crippen LogP contribution in [0.2, 0.25) is 0 Å². The Morgan fingerprint density at radius 2 is 1.40 bits per heavy atom. The van der Waals surface area contributed by atoms with Crippen LogP contribution in [-0.4, -0.2) is 81.0 Å². The Hall–Kier alpha value is -4.87. The summed E-state index contributed by atoms with van der Waals surface area (Å²) >= 11 is 0. The fourth-order valence-electron chi connectivity index (χ4n) is 7.00. The standard InChI is InChI=1S/C39H45N7O3S/c1-28(2)50(47,48)37-16-10-9-15-35(37)40-38-32-13-7-8-14-33(32)41-39(43-38)42-34-18-17-31(27-36(34)49-3)44-21-19-30(20-22-44)46-25-23-45(24-26-46)29-11-5-4-6-12-29/h4-18,27-28,30H,19-26H2,1-3H3,(H2,40,41,42,43). The van der Waals surface area contributed by atoms with Gasteiger partial charge >= 0.3 is 0 Å². The molecule has 2 fully saturated rings. The molecule has 1 aromatic heterocycles. The van der Waals surface area contributed by atoms with Gasteiger partial charge in [0, 0.05) is 68.1 Å². The number of piperazine rings is 1. The van der Waals surface area contributed by atoms with Gasteiger partial charge in [0.1, 0.15) is 11.6 Å². The Morgan fingerprint density at radius 3 is 2.14 bits per heavy atom. The third kappa shape index (κ3) is 7.06. The van der Waals surface area contributed by atoms with E-state index in [0.717, 1.165) is 74.4 Å². The number of piperidine rings is 1. The number of fused-ring (bicyclic) bond motifs is 1. The van der Waals surface area contributed by atoms with Crippen molar-refractivity contribution in [3.63, 3.8) is 0 Å². The fraction of sp³-hybridized carbons (Fsp3) is 0.333. The van der Waals surface area contributed by atoms with Crippen LogP contribution in [0.25, 0.3) is 10.9 Å². The molecule has 10 nitrogen and oxygen atoms in total. The topological polar surface area (TPSA) is 103 Å². The van der Waals surface area contributed by atoms with Crippen molar-refractivity contribution in [2.24, 2.45) is 0 Å². The average Bonchev–Trinajstić information content (AvgIpc) is 3.15. The molecule has 2 N–H and O–H groups in total. The first-order chi connectivity index (χ1) is 24.3. The van der Waals surface area contributed by atoms with Gasteiger partial charge in [-0.15, -0.1) is 0 Å². The van der Waals surface area contributed by atoms with Crippen molar-refractivity contribution >= 4 is 55.3 Å². The lowest BCUT2D eigenvalue weighted by Crippen LogP contribution is -2.53. The number of hydrogen-bond acceptors (Lipinski definition) is 10. The molecule has 0 amide bonds. The number of nitrogens with zero attached hydrogens (tertiary/aromatic N) is 5. The molecule has 5 aromatic rings. The van der Waals surface area contributed by atoms with E-state index in [4.69, 9.17) is 14.7 Å². The van der Waals surface area contributed by atoms with Crippen LogP contribution < -0.4 is 25.2 Å². The monoisotopic (exact) mass is 691 g/mol. The van der Waals surface area contributed by atoms with Gasteiger partial charge in [0.15, 0.2) is 9.84 Å². The zero-order valence-corrected chi connectivity index (χ0v) is 29.7. The van der Waals surface area contributed by atoms with Crippen molar-refractivity contribution in [2.75, 3.05) is 66.8 Å². The van der Waals surface area contributed by atoms with Crippen molar-refractivity contribution < 1.29 is 13.2 Å². The van der Waals surface area contributed by atoms with Crippen LogP contribution in [0.4, 0.5) is 34.5 Å². The second-order valence-electron chi connectivity index (χ2n) is 13.2. The predicted octanol–water partition coefficient (Wildman–Crippen LogP) is 7.10. The molecule has 0 unspecified atom stereocenters. The lowest BCUT2D eigenvalue weighted by molar-refractivity contribution is 0.160. The number of methoxy groups -OCH3 is 1. The minimum absolute atomic E-state index is 0.235. The maximum absolute atomic E-state index is 13.2. The van der Waals surface area contributed by atoms with Crippen molar-refractivity contribution in [3.8, 4) is 5.75 Å². The molecular weight excluding hydrogens is 647 g/mol. The number of sulfone groups is 1. The summed E-state index contributed by atoms with van der Waals surface area (Å²) < 4.78 is 32.2. The number of hydrogen-bond donors (Lipinski definition) is 2. The summed E-state index contributed by atoms with van der Waals surface area (Å²) in [5.41, 5.74) is 4.38. The van der Waals surface area contributed by atoms with Gasteiger partial charge in [0.2, 0.25) is 5.95 Å². The smallest absolute Gasteiger partial charge is 0.229 e. The van der Waals surface area contributed by atoms with E-state index < -0.39 is 15.1 Å². The maximum Gasteiger partial charge on any atom is 0.229 e. The van der Waals surface area contributed by atoms with E-state index in [2.05, 4.69) is 67.8 Å². The molecule has 50 heavy (non-hydrogen) atoms. The lowest BCUT2D eigenvalue weighted by Gasteiger charge is -2.43. The molecule has 7 rings (SSSR count). The first-order valence-electron chi connectivity index (χ1n) is 17.4. The van der Waals surface area contributed by atoms with Crippen LogP contribution in [0.15, 0.2) is 102 Å². The molecule has 11 heteroatoms. The second-order valence-corrected chi connectivity index (χ2v) is 15.7. The van der Waals surface area contributed by atoms with Crippen molar-refractivity contribution in [3.05, 3.63) is 97.1 Å². The number of para-hydroxylation sites is 3. The third-order valence-corrected chi connectivity index (χ3v) is 12.1. The highest BCUT2D eigenvalue weighted by Crippen LogP contribution is 2.35. The molecule has 0 radical (unpaired) electrons. The molecule has 0 bridgehead atoms. The normalized spacial score (nSPS) is 16.2. The van der Waals surface area contributed by atoms with Gasteiger partial charge in [-0.1, -0.05) is 42.5 Å². The van der Waals surface area contributed by atoms with Gasteiger partial charge in [-0.05, 0) is 75.2 Å². The first kappa shape index (κ1) is 33.6. The number of benzene rings is 4. The zero-order chi connectivity index (χ0) is 34.7. The Balaban J connectivity index is 1.05. The largest absolute Gasteiger partial charge is 0.494 e. The summed E-state index contributed by atoms with van der Waals surface area (Å²) in [5.74, 6) is 1.57. The summed E-state index contributed by atoms with van der Waals surface area (Å²) in [7, 11) is -1.86. The average molecular weight is 692 g/mol. The Bertz CT molecular complexity index is 2040. The maximum atomic E-state index is 13.2. The van der Waals surface area contributed by atoms with Gasteiger partial charge < -0.3 is 25.2 Å². The summed E-state index contributed by atoms with van der Waals surface area (Å²) in [5, 5.41) is 6.89. The molecule has 3 heterocycles. The number of nitrogens with one attached hydrogen (secondary N) is 2. The van der Waals surface area contributed by atoms with Gasteiger partial charge in [0.05, 0.1) is 34.1 Å².